The lowest BCUT2D eigenvalue weighted by atomic mass is 10.1. The number of sulfone groups is 1. The Balaban J connectivity index is 2.17. The highest BCUT2D eigenvalue weighted by Gasteiger charge is 2.15. The topological polar surface area (TPSA) is 83.5 Å². The van der Waals surface area contributed by atoms with E-state index in [-0.39, 0.29) is 21.6 Å². The highest BCUT2D eigenvalue weighted by molar-refractivity contribution is 7.91. The highest BCUT2D eigenvalue weighted by Crippen LogP contribution is 2.22. The van der Waals surface area contributed by atoms with E-state index in [1.54, 1.807) is 27.1 Å². The number of nitrogens with one attached hydrogen (secondary N) is 1. The van der Waals surface area contributed by atoms with Crippen LogP contribution in [0.15, 0.2) is 47.4 Å². The molecule has 2 amide bonds. The number of benzene rings is 2. The Morgan fingerprint density at radius 2 is 1.69 bits per heavy atom. The summed E-state index contributed by atoms with van der Waals surface area (Å²) in [4.78, 5) is 25.8. The van der Waals surface area contributed by atoms with E-state index in [0.717, 1.165) is 0 Å². The van der Waals surface area contributed by atoms with E-state index >= 15 is 0 Å². The molecule has 0 fully saturated rings. The molecule has 0 saturated carbocycles. The first-order valence-electron chi connectivity index (χ1n) is 7.81. The van der Waals surface area contributed by atoms with Crippen molar-refractivity contribution in [2.45, 2.75) is 11.8 Å². The third kappa shape index (κ3) is 4.42. The van der Waals surface area contributed by atoms with Crippen LogP contribution in [0.2, 0.25) is 5.02 Å². The summed E-state index contributed by atoms with van der Waals surface area (Å²) < 4.78 is 23.6. The van der Waals surface area contributed by atoms with Gasteiger partial charge in [0, 0.05) is 25.3 Å². The number of nitrogens with zero attached hydrogens (tertiary/aromatic N) is 1. The Hall–Kier alpha value is -2.38. The van der Waals surface area contributed by atoms with E-state index in [1.165, 1.54) is 41.3 Å². The number of rotatable bonds is 5. The molecule has 2 aromatic rings. The number of anilines is 1. The smallest absolute Gasteiger partial charge is 0.255 e. The molecule has 0 heterocycles. The van der Waals surface area contributed by atoms with Gasteiger partial charge in [0.1, 0.15) is 0 Å². The zero-order valence-electron chi connectivity index (χ0n) is 14.6. The van der Waals surface area contributed by atoms with E-state index in [2.05, 4.69) is 5.32 Å². The minimum atomic E-state index is -3.31. The van der Waals surface area contributed by atoms with Gasteiger partial charge >= 0.3 is 0 Å². The van der Waals surface area contributed by atoms with E-state index in [9.17, 15) is 18.0 Å². The van der Waals surface area contributed by atoms with Crippen LogP contribution in [-0.4, -0.2) is 45.0 Å². The maximum absolute atomic E-state index is 12.3. The van der Waals surface area contributed by atoms with Crippen molar-refractivity contribution in [1.82, 2.24) is 4.90 Å². The molecule has 0 unspecified atom stereocenters. The molecule has 0 spiro atoms. The predicted molar refractivity (Wildman–Crippen MR) is 102 cm³/mol. The van der Waals surface area contributed by atoms with Crippen molar-refractivity contribution in [2.24, 2.45) is 0 Å². The van der Waals surface area contributed by atoms with Crippen molar-refractivity contribution in [3.63, 3.8) is 0 Å². The lowest BCUT2D eigenvalue weighted by Crippen LogP contribution is -2.22. The molecule has 138 valence electrons. The normalized spacial score (nSPS) is 11.1. The Labute approximate surface area is 157 Å². The van der Waals surface area contributed by atoms with Crippen LogP contribution in [0.1, 0.15) is 27.6 Å². The molecule has 2 rings (SSSR count). The SMILES string of the molecule is CCS(=O)(=O)c1ccc(C(=O)Nc2ccc(C(=O)N(C)C)c(Cl)c2)cc1. The molecule has 0 bridgehead atoms. The summed E-state index contributed by atoms with van der Waals surface area (Å²) in [6.45, 7) is 1.56. The van der Waals surface area contributed by atoms with E-state index in [4.69, 9.17) is 11.6 Å². The van der Waals surface area contributed by atoms with Crippen molar-refractivity contribution in [3.8, 4) is 0 Å². The van der Waals surface area contributed by atoms with Gasteiger partial charge in [-0.3, -0.25) is 9.59 Å². The second-order valence-corrected chi connectivity index (χ2v) is 8.46. The van der Waals surface area contributed by atoms with Crippen LogP contribution in [0.3, 0.4) is 0 Å². The van der Waals surface area contributed by atoms with Crippen LogP contribution in [0.4, 0.5) is 5.69 Å². The Bertz CT molecular complexity index is 938. The average Bonchev–Trinajstić information content (AvgIpc) is 2.61. The van der Waals surface area contributed by atoms with Gasteiger partial charge in [0.15, 0.2) is 9.84 Å². The van der Waals surface area contributed by atoms with Crippen LogP contribution in [-0.2, 0) is 9.84 Å². The van der Waals surface area contributed by atoms with Gasteiger partial charge in [0.25, 0.3) is 11.8 Å². The molecule has 0 aliphatic rings. The maximum Gasteiger partial charge on any atom is 0.255 e. The average molecular weight is 395 g/mol. The molecule has 8 heteroatoms. The lowest BCUT2D eigenvalue weighted by molar-refractivity contribution is 0.0827. The second kappa shape index (κ2) is 7.88. The van der Waals surface area contributed by atoms with Gasteiger partial charge in [-0.05, 0) is 42.5 Å². The fourth-order valence-electron chi connectivity index (χ4n) is 2.19. The van der Waals surface area contributed by atoms with Gasteiger partial charge in [-0.2, -0.15) is 0 Å². The minimum Gasteiger partial charge on any atom is -0.345 e. The number of amides is 2. The zero-order valence-corrected chi connectivity index (χ0v) is 16.2. The summed E-state index contributed by atoms with van der Waals surface area (Å²) >= 11 is 6.12. The summed E-state index contributed by atoms with van der Waals surface area (Å²) in [5.41, 5.74) is 1.08. The zero-order chi connectivity index (χ0) is 19.5. The number of halogens is 1. The van der Waals surface area contributed by atoms with Gasteiger partial charge in [-0.25, -0.2) is 8.42 Å². The summed E-state index contributed by atoms with van der Waals surface area (Å²) in [7, 11) is -0.0667. The van der Waals surface area contributed by atoms with E-state index < -0.39 is 15.7 Å². The molecule has 0 atom stereocenters. The van der Waals surface area contributed by atoms with Gasteiger partial charge < -0.3 is 10.2 Å². The molecule has 2 aromatic carbocycles. The lowest BCUT2D eigenvalue weighted by Gasteiger charge is -2.13. The van der Waals surface area contributed by atoms with Gasteiger partial charge in [0.2, 0.25) is 0 Å². The fourth-order valence-corrected chi connectivity index (χ4v) is 3.34. The van der Waals surface area contributed by atoms with Crippen molar-refractivity contribution in [3.05, 3.63) is 58.6 Å². The third-order valence-corrected chi connectivity index (χ3v) is 5.78. The Morgan fingerprint density at radius 3 is 2.19 bits per heavy atom. The summed E-state index contributed by atoms with van der Waals surface area (Å²) in [5.74, 6) is -0.650. The standard InChI is InChI=1S/C18H19ClN2O4S/c1-4-26(24,25)14-8-5-12(6-9-14)17(22)20-13-7-10-15(16(19)11-13)18(23)21(2)3/h5-11H,4H2,1-3H3,(H,20,22). The van der Waals surface area contributed by atoms with Crippen molar-refractivity contribution in [2.75, 3.05) is 25.2 Å². The summed E-state index contributed by atoms with van der Waals surface area (Å²) in [6.07, 6.45) is 0. The second-order valence-electron chi connectivity index (χ2n) is 5.78. The number of carbonyl (C=O) groups is 2. The van der Waals surface area contributed by atoms with Crippen LogP contribution in [0, 0.1) is 0 Å². The molecule has 26 heavy (non-hydrogen) atoms. The van der Waals surface area contributed by atoms with Crippen LogP contribution in [0.5, 0.6) is 0 Å². The van der Waals surface area contributed by atoms with Crippen molar-refractivity contribution < 1.29 is 18.0 Å². The van der Waals surface area contributed by atoms with Crippen molar-refractivity contribution >= 4 is 38.9 Å². The number of carbonyl (C=O) groups excluding carboxylic acids is 2. The molecule has 6 nitrogen and oxygen atoms in total. The molecule has 0 aliphatic carbocycles. The van der Waals surface area contributed by atoms with Crippen LogP contribution >= 0.6 is 11.6 Å². The molecule has 0 aromatic heterocycles. The quantitative estimate of drug-likeness (QED) is 0.844. The first kappa shape index (κ1) is 19.9. The van der Waals surface area contributed by atoms with Gasteiger partial charge in [-0.1, -0.05) is 18.5 Å². The number of hydrogen-bond acceptors (Lipinski definition) is 4. The molecular weight excluding hydrogens is 376 g/mol. The van der Waals surface area contributed by atoms with E-state index in [1.807, 2.05) is 0 Å². The minimum absolute atomic E-state index is 0.00490. The molecule has 0 radical (unpaired) electrons. The van der Waals surface area contributed by atoms with Gasteiger partial charge in [-0.15, -0.1) is 0 Å². The fraction of sp³-hybridized carbons (Fsp3) is 0.222. The van der Waals surface area contributed by atoms with Crippen LogP contribution in [0.25, 0.3) is 0 Å². The Kier molecular flexibility index (Phi) is 6.05. The number of hydrogen-bond donors (Lipinski definition) is 1. The molecule has 0 aliphatic heterocycles. The van der Waals surface area contributed by atoms with Gasteiger partial charge in [0.05, 0.1) is 21.2 Å². The molecular formula is C18H19ClN2O4S. The van der Waals surface area contributed by atoms with Crippen molar-refractivity contribution in [1.29, 1.82) is 0 Å². The predicted octanol–water partition coefficient (Wildman–Crippen LogP) is 3.09. The van der Waals surface area contributed by atoms with Crippen LogP contribution < -0.4 is 5.32 Å². The Morgan fingerprint density at radius 1 is 1.08 bits per heavy atom. The maximum atomic E-state index is 12.3. The highest BCUT2D eigenvalue weighted by atomic mass is 35.5. The summed E-state index contributed by atoms with van der Waals surface area (Å²) in [6, 6.07) is 10.3. The molecule has 1 N–H and O–H groups in total. The third-order valence-electron chi connectivity index (χ3n) is 3.72. The first-order valence-corrected chi connectivity index (χ1v) is 9.84. The van der Waals surface area contributed by atoms with E-state index in [0.29, 0.717) is 16.8 Å². The summed E-state index contributed by atoms with van der Waals surface area (Å²) in [5, 5.41) is 2.90. The monoisotopic (exact) mass is 394 g/mol. The molecule has 0 saturated heterocycles. The first-order chi connectivity index (χ1) is 12.2. The largest absolute Gasteiger partial charge is 0.345 e.